The molecule has 0 aliphatic carbocycles. The Balaban J connectivity index is 1.55. The Morgan fingerprint density at radius 2 is 2.00 bits per heavy atom. The number of hydrogen-bond donors (Lipinski definition) is 0. The summed E-state index contributed by atoms with van der Waals surface area (Å²) >= 11 is 0. The highest BCUT2D eigenvalue weighted by molar-refractivity contribution is 5.78. The van der Waals surface area contributed by atoms with Gasteiger partial charge in [0.25, 0.3) is 0 Å². The Morgan fingerprint density at radius 3 is 2.83 bits per heavy atom. The van der Waals surface area contributed by atoms with Gasteiger partial charge in [-0.25, -0.2) is 14.7 Å². The second-order valence-corrected chi connectivity index (χ2v) is 6.34. The summed E-state index contributed by atoms with van der Waals surface area (Å²) < 4.78 is 9.95. The van der Waals surface area contributed by atoms with Crippen LogP contribution in [0.15, 0.2) is 36.9 Å². The standard InChI is InChI=1S/C16H19N7O/c1-2-6-15-14(5-1)19-16-22(15)11-20(8-13-4-3-7-24-13)12-23(16)21-9-17-18-10-21/h1-2,5-6,9-10,13H,3-4,7-8,11-12H2/t13-/m1/s1. The predicted molar refractivity (Wildman–Crippen MR) is 88.2 cm³/mol. The van der Waals surface area contributed by atoms with Crippen LogP contribution in [0.4, 0.5) is 5.95 Å². The topological polar surface area (TPSA) is 64.2 Å². The second kappa shape index (κ2) is 5.57. The Bertz CT molecular complexity index is 837. The van der Waals surface area contributed by atoms with Gasteiger partial charge < -0.3 is 4.74 Å². The van der Waals surface area contributed by atoms with E-state index in [2.05, 4.69) is 42.9 Å². The first kappa shape index (κ1) is 13.9. The van der Waals surface area contributed by atoms with Crippen LogP contribution in [0.5, 0.6) is 0 Å². The number of imidazole rings is 1. The van der Waals surface area contributed by atoms with E-state index in [9.17, 15) is 0 Å². The molecule has 1 saturated heterocycles. The zero-order valence-electron chi connectivity index (χ0n) is 13.3. The minimum atomic E-state index is 0.323. The maximum atomic E-state index is 5.82. The number of anilines is 1. The van der Waals surface area contributed by atoms with Crippen LogP contribution in [0.3, 0.4) is 0 Å². The number of fused-ring (bicyclic) bond motifs is 3. The number of ether oxygens (including phenoxy) is 1. The van der Waals surface area contributed by atoms with Crippen molar-refractivity contribution in [2.24, 2.45) is 0 Å². The molecule has 2 aliphatic heterocycles. The molecule has 2 aromatic heterocycles. The summed E-state index contributed by atoms with van der Waals surface area (Å²) in [5.74, 6) is 0.916. The van der Waals surface area contributed by atoms with Crippen LogP contribution in [-0.2, 0) is 11.4 Å². The fourth-order valence-corrected chi connectivity index (χ4v) is 3.58. The van der Waals surface area contributed by atoms with Crippen molar-refractivity contribution in [1.82, 2.24) is 29.3 Å². The third kappa shape index (κ3) is 2.26. The van der Waals surface area contributed by atoms with Crippen LogP contribution in [0.2, 0.25) is 0 Å². The van der Waals surface area contributed by atoms with Crippen molar-refractivity contribution in [2.75, 3.05) is 24.8 Å². The molecule has 0 bridgehead atoms. The van der Waals surface area contributed by atoms with Gasteiger partial charge in [0.2, 0.25) is 5.95 Å². The molecule has 0 saturated carbocycles. The van der Waals surface area contributed by atoms with Crippen molar-refractivity contribution in [3.05, 3.63) is 36.9 Å². The molecule has 124 valence electrons. The Labute approximate surface area is 139 Å². The molecule has 5 rings (SSSR count). The number of rotatable bonds is 3. The van der Waals surface area contributed by atoms with Crippen molar-refractivity contribution in [1.29, 1.82) is 0 Å². The molecule has 8 heteroatoms. The van der Waals surface area contributed by atoms with E-state index >= 15 is 0 Å². The molecule has 24 heavy (non-hydrogen) atoms. The molecule has 1 atom stereocenters. The van der Waals surface area contributed by atoms with Crippen LogP contribution in [0.1, 0.15) is 12.8 Å². The first-order chi connectivity index (χ1) is 11.9. The molecule has 8 nitrogen and oxygen atoms in total. The van der Waals surface area contributed by atoms with Gasteiger partial charge in [0.1, 0.15) is 12.7 Å². The maximum Gasteiger partial charge on any atom is 0.228 e. The average Bonchev–Trinajstić information content (AvgIpc) is 3.35. The second-order valence-electron chi connectivity index (χ2n) is 6.34. The highest BCUT2D eigenvalue weighted by Gasteiger charge is 2.29. The molecule has 0 unspecified atom stereocenters. The molecule has 2 aliphatic rings. The lowest BCUT2D eigenvalue weighted by Crippen LogP contribution is -2.49. The first-order valence-electron chi connectivity index (χ1n) is 8.30. The normalized spacial score (nSPS) is 21.5. The van der Waals surface area contributed by atoms with Gasteiger partial charge in [-0.15, -0.1) is 10.2 Å². The highest BCUT2D eigenvalue weighted by atomic mass is 16.5. The van der Waals surface area contributed by atoms with Crippen molar-refractivity contribution < 1.29 is 4.74 Å². The van der Waals surface area contributed by atoms with E-state index in [1.807, 2.05) is 10.7 Å². The van der Waals surface area contributed by atoms with E-state index in [0.29, 0.717) is 6.10 Å². The molecule has 4 heterocycles. The number of nitrogens with zero attached hydrogens (tertiary/aromatic N) is 7. The summed E-state index contributed by atoms with van der Waals surface area (Å²) in [6, 6.07) is 8.25. The molecular formula is C16H19N7O. The zero-order chi connectivity index (χ0) is 15.9. The molecule has 0 N–H and O–H groups in total. The SMILES string of the molecule is c1ccc2c(c1)nc1n2CN(C[C@H]2CCCO2)CN1n1cnnc1. The fourth-order valence-electron chi connectivity index (χ4n) is 3.58. The van der Waals surface area contributed by atoms with Gasteiger partial charge in [-0.05, 0) is 25.0 Å². The Hall–Kier alpha value is -2.45. The lowest BCUT2D eigenvalue weighted by Gasteiger charge is -2.37. The van der Waals surface area contributed by atoms with Crippen LogP contribution in [0, 0.1) is 0 Å². The van der Waals surface area contributed by atoms with Gasteiger partial charge in [0.05, 0.1) is 30.5 Å². The molecular weight excluding hydrogens is 306 g/mol. The predicted octanol–water partition coefficient (Wildman–Crippen LogP) is 1.31. The number of para-hydroxylation sites is 2. The summed E-state index contributed by atoms with van der Waals surface area (Å²) in [5, 5.41) is 9.98. The van der Waals surface area contributed by atoms with Crippen LogP contribution < -0.4 is 5.01 Å². The average molecular weight is 325 g/mol. The molecule has 0 amide bonds. The first-order valence-corrected chi connectivity index (χ1v) is 8.30. The molecule has 1 aromatic carbocycles. The Kier molecular flexibility index (Phi) is 3.24. The number of hydrogen-bond acceptors (Lipinski definition) is 6. The van der Waals surface area contributed by atoms with Gasteiger partial charge in [-0.3, -0.25) is 9.47 Å². The van der Waals surface area contributed by atoms with Crippen LogP contribution in [-0.4, -0.2) is 55.2 Å². The molecule has 0 radical (unpaired) electrons. The zero-order valence-corrected chi connectivity index (χ0v) is 13.3. The number of aromatic nitrogens is 5. The quantitative estimate of drug-likeness (QED) is 0.723. The third-order valence-electron chi connectivity index (χ3n) is 4.71. The van der Waals surface area contributed by atoms with Crippen molar-refractivity contribution in [3.63, 3.8) is 0 Å². The Morgan fingerprint density at radius 1 is 1.12 bits per heavy atom. The lowest BCUT2D eigenvalue weighted by atomic mass is 10.2. The van der Waals surface area contributed by atoms with E-state index in [1.54, 1.807) is 12.7 Å². The summed E-state index contributed by atoms with van der Waals surface area (Å²) in [5.41, 5.74) is 2.15. The van der Waals surface area contributed by atoms with Crippen LogP contribution in [0.25, 0.3) is 11.0 Å². The smallest absolute Gasteiger partial charge is 0.228 e. The number of benzene rings is 1. The summed E-state index contributed by atoms with van der Waals surface area (Å²) in [7, 11) is 0. The largest absolute Gasteiger partial charge is 0.377 e. The van der Waals surface area contributed by atoms with E-state index in [4.69, 9.17) is 9.72 Å². The monoisotopic (exact) mass is 325 g/mol. The minimum Gasteiger partial charge on any atom is -0.377 e. The summed E-state index contributed by atoms with van der Waals surface area (Å²) in [4.78, 5) is 7.20. The summed E-state index contributed by atoms with van der Waals surface area (Å²) in [6.45, 7) is 3.35. The van der Waals surface area contributed by atoms with E-state index in [0.717, 1.165) is 56.3 Å². The van der Waals surface area contributed by atoms with Crippen molar-refractivity contribution in [2.45, 2.75) is 25.6 Å². The molecule has 0 spiro atoms. The van der Waals surface area contributed by atoms with E-state index in [-0.39, 0.29) is 0 Å². The molecule has 3 aromatic rings. The fraction of sp³-hybridized carbons (Fsp3) is 0.438. The summed E-state index contributed by atoms with van der Waals surface area (Å²) in [6.07, 6.45) is 6.04. The van der Waals surface area contributed by atoms with Crippen molar-refractivity contribution >= 4 is 17.0 Å². The highest BCUT2D eigenvalue weighted by Crippen LogP contribution is 2.28. The van der Waals surface area contributed by atoms with E-state index in [1.165, 1.54) is 0 Å². The minimum absolute atomic E-state index is 0.323. The van der Waals surface area contributed by atoms with Crippen LogP contribution >= 0.6 is 0 Å². The van der Waals surface area contributed by atoms with Gasteiger partial charge in [0, 0.05) is 13.2 Å². The van der Waals surface area contributed by atoms with Gasteiger partial charge in [-0.1, -0.05) is 12.1 Å². The lowest BCUT2D eigenvalue weighted by molar-refractivity contribution is 0.0570. The van der Waals surface area contributed by atoms with Gasteiger partial charge >= 0.3 is 0 Å². The third-order valence-corrected chi connectivity index (χ3v) is 4.71. The van der Waals surface area contributed by atoms with Gasteiger partial charge in [0.15, 0.2) is 0 Å². The maximum absolute atomic E-state index is 5.82. The van der Waals surface area contributed by atoms with Crippen molar-refractivity contribution in [3.8, 4) is 0 Å². The van der Waals surface area contributed by atoms with E-state index < -0.39 is 0 Å². The van der Waals surface area contributed by atoms with Gasteiger partial charge in [-0.2, -0.15) is 0 Å². The molecule has 1 fully saturated rings.